The molecule has 1 aromatic rings. The number of pyridine rings is 1. The summed E-state index contributed by atoms with van der Waals surface area (Å²) in [6, 6.07) is 0.952. The molecule has 0 spiro atoms. The van der Waals surface area contributed by atoms with Crippen LogP contribution in [0.15, 0.2) is 17.1 Å². The second-order valence-electron chi connectivity index (χ2n) is 2.64. The summed E-state index contributed by atoms with van der Waals surface area (Å²) >= 11 is 0. The van der Waals surface area contributed by atoms with Gasteiger partial charge in [0.05, 0.1) is 5.56 Å². The molecule has 14 heavy (non-hydrogen) atoms. The van der Waals surface area contributed by atoms with Crippen LogP contribution in [0.1, 0.15) is 15.9 Å². The normalized spacial score (nSPS) is 10.5. The first kappa shape index (κ1) is 10.4. The van der Waals surface area contributed by atoms with Crippen LogP contribution in [-0.2, 0) is 6.42 Å². The summed E-state index contributed by atoms with van der Waals surface area (Å²) in [4.78, 5) is 23.5. The Morgan fingerprint density at radius 2 is 2.21 bits per heavy atom. The number of H-pyrrole nitrogens is 1. The van der Waals surface area contributed by atoms with Gasteiger partial charge in [0.25, 0.3) is 5.56 Å². The van der Waals surface area contributed by atoms with Gasteiger partial charge in [0.15, 0.2) is 0 Å². The number of halogens is 2. The van der Waals surface area contributed by atoms with Crippen molar-refractivity contribution in [3.63, 3.8) is 0 Å². The standard InChI is InChI=1S/C8H7F2NO3/c9-6(10)2-4-1-5(8(13)14)3-11-7(4)12/h1,3,6H,2H2,(H,11,12)(H,13,14). The number of aromatic carboxylic acids is 1. The molecule has 0 amide bonds. The van der Waals surface area contributed by atoms with Crippen LogP contribution in [0.3, 0.4) is 0 Å². The van der Waals surface area contributed by atoms with Crippen molar-refractivity contribution in [3.8, 4) is 0 Å². The first-order valence-electron chi connectivity index (χ1n) is 3.73. The molecule has 0 atom stereocenters. The lowest BCUT2D eigenvalue weighted by Crippen LogP contribution is -2.16. The zero-order valence-electron chi connectivity index (χ0n) is 6.96. The van der Waals surface area contributed by atoms with E-state index in [0.717, 1.165) is 12.3 Å². The molecule has 0 fully saturated rings. The van der Waals surface area contributed by atoms with Crippen molar-refractivity contribution in [2.24, 2.45) is 0 Å². The van der Waals surface area contributed by atoms with E-state index in [2.05, 4.69) is 4.98 Å². The molecule has 0 saturated carbocycles. The summed E-state index contributed by atoms with van der Waals surface area (Å²) in [5.41, 5.74) is -1.12. The van der Waals surface area contributed by atoms with Gasteiger partial charge in [-0.15, -0.1) is 0 Å². The fourth-order valence-corrected chi connectivity index (χ4v) is 0.972. The highest BCUT2D eigenvalue weighted by molar-refractivity contribution is 5.87. The molecule has 4 nitrogen and oxygen atoms in total. The van der Waals surface area contributed by atoms with Gasteiger partial charge in [0, 0.05) is 18.2 Å². The molecule has 0 saturated heterocycles. The maximum atomic E-state index is 11.9. The average Bonchev–Trinajstić information content (AvgIpc) is 2.07. The van der Waals surface area contributed by atoms with Gasteiger partial charge in [-0.2, -0.15) is 0 Å². The number of aromatic amines is 1. The summed E-state index contributed by atoms with van der Waals surface area (Å²) in [7, 11) is 0. The van der Waals surface area contributed by atoms with Gasteiger partial charge in [0.1, 0.15) is 0 Å². The van der Waals surface area contributed by atoms with Crippen molar-refractivity contribution < 1.29 is 18.7 Å². The Labute approximate surface area is 77.2 Å². The van der Waals surface area contributed by atoms with E-state index in [9.17, 15) is 18.4 Å². The quantitative estimate of drug-likeness (QED) is 0.766. The van der Waals surface area contributed by atoms with E-state index in [1.54, 1.807) is 0 Å². The van der Waals surface area contributed by atoms with Gasteiger partial charge in [-0.1, -0.05) is 0 Å². The van der Waals surface area contributed by atoms with Crippen LogP contribution >= 0.6 is 0 Å². The van der Waals surface area contributed by atoms with E-state index < -0.39 is 24.4 Å². The van der Waals surface area contributed by atoms with E-state index in [1.165, 1.54) is 0 Å². The van der Waals surface area contributed by atoms with Gasteiger partial charge >= 0.3 is 5.97 Å². The zero-order chi connectivity index (χ0) is 10.7. The average molecular weight is 203 g/mol. The molecule has 0 aromatic carbocycles. The predicted octanol–water partition coefficient (Wildman–Crippen LogP) is 0.881. The summed E-state index contributed by atoms with van der Waals surface area (Å²) in [6.45, 7) is 0. The predicted molar refractivity (Wildman–Crippen MR) is 43.7 cm³/mol. The molecular weight excluding hydrogens is 196 g/mol. The molecule has 76 valence electrons. The van der Waals surface area contributed by atoms with E-state index in [1.807, 2.05) is 0 Å². The highest BCUT2D eigenvalue weighted by Gasteiger charge is 2.11. The van der Waals surface area contributed by atoms with Gasteiger partial charge in [-0.3, -0.25) is 4.79 Å². The van der Waals surface area contributed by atoms with Gasteiger partial charge in [0.2, 0.25) is 6.43 Å². The summed E-state index contributed by atoms with van der Waals surface area (Å²) in [5.74, 6) is -1.27. The third-order valence-corrected chi connectivity index (χ3v) is 1.60. The lowest BCUT2D eigenvalue weighted by molar-refractivity contribution is 0.0695. The fraction of sp³-hybridized carbons (Fsp3) is 0.250. The Morgan fingerprint density at radius 3 is 2.71 bits per heavy atom. The first-order chi connectivity index (χ1) is 6.50. The van der Waals surface area contributed by atoms with Crippen LogP contribution in [0.4, 0.5) is 8.78 Å². The smallest absolute Gasteiger partial charge is 0.337 e. The highest BCUT2D eigenvalue weighted by atomic mass is 19.3. The summed E-state index contributed by atoms with van der Waals surface area (Å²) < 4.78 is 23.9. The molecular formula is C8H7F2NO3. The van der Waals surface area contributed by atoms with Crippen molar-refractivity contribution in [1.82, 2.24) is 4.98 Å². The van der Waals surface area contributed by atoms with Crippen LogP contribution < -0.4 is 5.56 Å². The second-order valence-corrected chi connectivity index (χ2v) is 2.64. The van der Waals surface area contributed by atoms with Crippen LogP contribution in [0.2, 0.25) is 0 Å². The molecule has 1 aromatic heterocycles. The van der Waals surface area contributed by atoms with Crippen LogP contribution in [0.25, 0.3) is 0 Å². The number of carboxylic acid groups (broad SMARTS) is 1. The zero-order valence-corrected chi connectivity index (χ0v) is 6.96. The molecule has 0 aliphatic carbocycles. The Morgan fingerprint density at radius 1 is 1.57 bits per heavy atom. The minimum Gasteiger partial charge on any atom is -0.478 e. The molecule has 0 radical (unpaired) electrons. The van der Waals surface area contributed by atoms with E-state index >= 15 is 0 Å². The molecule has 2 N–H and O–H groups in total. The van der Waals surface area contributed by atoms with Crippen molar-refractivity contribution in [2.75, 3.05) is 0 Å². The van der Waals surface area contributed by atoms with Crippen molar-refractivity contribution in [1.29, 1.82) is 0 Å². The number of rotatable bonds is 3. The fourth-order valence-electron chi connectivity index (χ4n) is 0.972. The summed E-state index contributed by atoms with van der Waals surface area (Å²) in [6.07, 6.45) is -2.43. The van der Waals surface area contributed by atoms with Gasteiger partial charge in [-0.25, -0.2) is 13.6 Å². The van der Waals surface area contributed by atoms with Crippen molar-refractivity contribution in [2.45, 2.75) is 12.8 Å². The number of nitrogens with one attached hydrogen (secondary N) is 1. The van der Waals surface area contributed by atoms with Gasteiger partial charge in [-0.05, 0) is 6.07 Å². The number of carboxylic acids is 1. The topological polar surface area (TPSA) is 70.2 Å². The Balaban J connectivity index is 3.08. The number of hydrogen-bond donors (Lipinski definition) is 2. The molecule has 1 heterocycles. The third-order valence-electron chi connectivity index (χ3n) is 1.60. The maximum absolute atomic E-state index is 11.9. The van der Waals surface area contributed by atoms with Crippen LogP contribution in [0, 0.1) is 0 Å². The minimum atomic E-state index is -2.67. The van der Waals surface area contributed by atoms with Crippen LogP contribution in [-0.4, -0.2) is 22.5 Å². The molecule has 0 bridgehead atoms. The lowest BCUT2D eigenvalue weighted by atomic mass is 10.1. The summed E-state index contributed by atoms with van der Waals surface area (Å²) in [5, 5.41) is 8.52. The third kappa shape index (κ3) is 2.38. The molecule has 6 heteroatoms. The van der Waals surface area contributed by atoms with Crippen molar-refractivity contribution in [3.05, 3.63) is 33.7 Å². The number of hydrogen-bond acceptors (Lipinski definition) is 2. The van der Waals surface area contributed by atoms with E-state index in [-0.39, 0.29) is 11.1 Å². The van der Waals surface area contributed by atoms with E-state index in [4.69, 9.17) is 5.11 Å². The largest absolute Gasteiger partial charge is 0.478 e. The monoisotopic (exact) mass is 203 g/mol. The molecule has 1 rings (SSSR count). The number of alkyl halides is 2. The first-order valence-corrected chi connectivity index (χ1v) is 3.73. The van der Waals surface area contributed by atoms with Gasteiger partial charge < -0.3 is 10.1 Å². The molecule has 0 aliphatic heterocycles. The Bertz CT molecular complexity index is 400. The van der Waals surface area contributed by atoms with Crippen LogP contribution in [0.5, 0.6) is 0 Å². The highest BCUT2D eigenvalue weighted by Crippen LogP contribution is 2.04. The van der Waals surface area contributed by atoms with Crippen molar-refractivity contribution >= 4 is 5.97 Å². The second kappa shape index (κ2) is 3.99. The number of carbonyl (C=O) groups is 1. The maximum Gasteiger partial charge on any atom is 0.337 e. The SMILES string of the molecule is O=C(O)c1c[nH]c(=O)c(CC(F)F)c1. The molecule has 0 unspecified atom stereocenters. The lowest BCUT2D eigenvalue weighted by Gasteiger charge is -2.00. The number of aromatic nitrogens is 1. The van der Waals surface area contributed by atoms with E-state index in [0.29, 0.717) is 0 Å². The Hall–Kier alpha value is -1.72. The minimum absolute atomic E-state index is 0.208. The Kier molecular flexibility index (Phi) is 2.95. The molecule has 0 aliphatic rings.